The van der Waals surface area contributed by atoms with Gasteiger partial charge in [0.1, 0.15) is 0 Å². The molecule has 78 valence electrons. The van der Waals surface area contributed by atoms with Gasteiger partial charge in [-0.05, 0) is 40.7 Å². The summed E-state index contributed by atoms with van der Waals surface area (Å²) in [6.45, 7) is 1.90. The first kappa shape index (κ1) is 11.8. The summed E-state index contributed by atoms with van der Waals surface area (Å²) in [5.74, 6) is 0.164. The zero-order chi connectivity index (χ0) is 10.6. The normalized spacial score (nSPS) is 11.6. The van der Waals surface area contributed by atoms with Crippen LogP contribution in [0, 0.1) is 6.92 Å². The molecule has 14 heavy (non-hydrogen) atoms. The maximum absolute atomic E-state index is 11.5. The van der Waals surface area contributed by atoms with E-state index in [2.05, 4.69) is 4.72 Å². The van der Waals surface area contributed by atoms with Gasteiger partial charge in [-0.2, -0.15) is 4.72 Å². The van der Waals surface area contributed by atoms with Crippen LogP contribution in [0.1, 0.15) is 5.56 Å². The highest BCUT2D eigenvalue weighted by Gasteiger charge is 2.11. The second-order valence-corrected chi connectivity index (χ2v) is 5.64. The SMILES string of the molecule is Cc1ccc(S(=O)(=O)NCSCl)cc1. The Kier molecular flexibility index (Phi) is 4.25. The standard InChI is InChI=1S/C8H10ClNO2S2/c1-7-2-4-8(5-3-7)14(11,12)10-6-13-9/h2-5,10H,6H2,1H3. The van der Waals surface area contributed by atoms with Crippen LogP contribution in [0.3, 0.4) is 0 Å². The Hall–Kier alpha value is -0.230. The summed E-state index contributed by atoms with van der Waals surface area (Å²) in [6.07, 6.45) is 0. The predicted octanol–water partition coefficient (Wildman–Crippen LogP) is 2.12. The molecule has 0 heterocycles. The smallest absolute Gasteiger partial charge is 0.207 e. The van der Waals surface area contributed by atoms with Crippen LogP contribution in [0.4, 0.5) is 0 Å². The van der Waals surface area contributed by atoms with E-state index in [0.717, 1.165) is 16.5 Å². The van der Waals surface area contributed by atoms with Crippen molar-refractivity contribution in [1.29, 1.82) is 0 Å². The first-order chi connectivity index (χ1) is 6.56. The lowest BCUT2D eigenvalue weighted by molar-refractivity contribution is 0.587. The average Bonchev–Trinajstić information content (AvgIpc) is 2.16. The molecule has 1 aromatic carbocycles. The van der Waals surface area contributed by atoms with E-state index in [0.29, 0.717) is 0 Å². The third-order valence-corrected chi connectivity index (χ3v) is 3.82. The third kappa shape index (κ3) is 3.16. The summed E-state index contributed by atoms with van der Waals surface area (Å²) in [5, 5.41) is 0. The van der Waals surface area contributed by atoms with Crippen LogP contribution in [0.25, 0.3) is 0 Å². The Morgan fingerprint density at radius 2 is 1.93 bits per heavy atom. The van der Waals surface area contributed by atoms with E-state index in [1.807, 2.05) is 6.92 Å². The largest absolute Gasteiger partial charge is 0.241 e. The fraction of sp³-hybridized carbons (Fsp3) is 0.250. The molecule has 1 rings (SSSR count). The third-order valence-electron chi connectivity index (χ3n) is 1.63. The number of aryl methyl sites for hydroxylation is 1. The van der Waals surface area contributed by atoms with Gasteiger partial charge in [0.25, 0.3) is 0 Å². The number of hydrogen-bond acceptors (Lipinski definition) is 3. The molecule has 0 radical (unpaired) electrons. The van der Waals surface area contributed by atoms with E-state index >= 15 is 0 Å². The highest BCUT2D eigenvalue weighted by molar-refractivity contribution is 8.21. The van der Waals surface area contributed by atoms with Crippen LogP contribution < -0.4 is 4.72 Å². The van der Waals surface area contributed by atoms with Gasteiger partial charge in [-0.3, -0.25) is 0 Å². The Bertz CT molecular complexity index is 388. The van der Waals surface area contributed by atoms with Crippen molar-refractivity contribution in [2.45, 2.75) is 11.8 Å². The first-order valence-electron chi connectivity index (χ1n) is 3.86. The predicted molar refractivity (Wildman–Crippen MR) is 59.8 cm³/mol. The van der Waals surface area contributed by atoms with Gasteiger partial charge in [0.15, 0.2) is 0 Å². The van der Waals surface area contributed by atoms with Crippen molar-refractivity contribution in [2.24, 2.45) is 0 Å². The lowest BCUT2D eigenvalue weighted by Gasteiger charge is -2.04. The second kappa shape index (κ2) is 5.02. The molecule has 0 aliphatic rings. The van der Waals surface area contributed by atoms with Gasteiger partial charge < -0.3 is 0 Å². The minimum atomic E-state index is -3.39. The van der Waals surface area contributed by atoms with Crippen LogP contribution in [-0.2, 0) is 10.0 Å². The Balaban J connectivity index is 2.87. The topological polar surface area (TPSA) is 46.2 Å². The van der Waals surface area contributed by atoms with Gasteiger partial charge >= 0.3 is 0 Å². The molecule has 0 saturated carbocycles. The van der Waals surface area contributed by atoms with Crippen molar-refractivity contribution in [3.63, 3.8) is 0 Å². The lowest BCUT2D eigenvalue weighted by atomic mass is 10.2. The summed E-state index contributed by atoms with van der Waals surface area (Å²) >= 11 is 0. The summed E-state index contributed by atoms with van der Waals surface area (Å²) in [5.41, 5.74) is 1.02. The maximum Gasteiger partial charge on any atom is 0.241 e. The fourth-order valence-electron chi connectivity index (χ4n) is 0.901. The molecule has 0 aliphatic heterocycles. The van der Waals surface area contributed by atoms with E-state index in [1.165, 1.54) is 0 Å². The highest BCUT2D eigenvalue weighted by Crippen LogP contribution is 2.11. The van der Waals surface area contributed by atoms with Crippen LogP contribution in [-0.4, -0.2) is 14.3 Å². The van der Waals surface area contributed by atoms with Gasteiger partial charge in [0.05, 0.1) is 10.8 Å². The second-order valence-electron chi connectivity index (χ2n) is 2.71. The van der Waals surface area contributed by atoms with E-state index in [4.69, 9.17) is 10.7 Å². The lowest BCUT2D eigenvalue weighted by Crippen LogP contribution is -2.22. The number of halogens is 1. The molecular weight excluding hydrogens is 242 g/mol. The van der Waals surface area contributed by atoms with E-state index in [1.54, 1.807) is 24.3 Å². The van der Waals surface area contributed by atoms with E-state index in [-0.39, 0.29) is 10.8 Å². The van der Waals surface area contributed by atoms with Crippen molar-refractivity contribution >= 4 is 31.7 Å². The van der Waals surface area contributed by atoms with E-state index < -0.39 is 10.0 Å². The van der Waals surface area contributed by atoms with Crippen molar-refractivity contribution in [2.75, 3.05) is 5.88 Å². The van der Waals surface area contributed by atoms with Gasteiger partial charge in [-0.1, -0.05) is 17.7 Å². The zero-order valence-corrected chi connectivity index (χ0v) is 9.92. The molecule has 0 amide bonds. The Labute approximate surface area is 92.4 Å². The molecule has 0 fully saturated rings. The molecule has 0 bridgehead atoms. The molecule has 1 N–H and O–H groups in total. The summed E-state index contributed by atoms with van der Waals surface area (Å²) in [7, 11) is 2.82. The monoisotopic (exact) mass is 251 g/mol. The van der Waals surface area contributed by atoms with Gasteiger partial charge in [-0.15, -0.1) is 0 Å². The van der Waals surface area contributed by atoms with Gasteiger partial charge in [-0.25, -0.2) is 8.42 Å². The van der Waals surface area contributed by atoms with Crippen LogP contribution in [0.15, 0.2) is 29.2 Å². The molecule has 0 spiro atoms. The van der Waals surface area contributed by atoms with Crippen molar-refractivity contribution in [1.82, 2.24) is 4.72 Å². The quantitative estimate of drug-likeness (QED) is 0.834. The summed E-state index contributed by atoms with van der Waals surface area (Å²) in [6, 6.07) is 6.64. The van der Waals surface area contributed by atoms with Crippen molar-refractivity contribution < 1.29 is 8.42 Å². The van der Waals surface area contributed by atoms with Gasteiger partial charge in [0, 0.05) is 0 Å². The molecule has 0 aliphatic carbocycles. The number of sulfonamides is 1. The van der Waals surface area contributed by atoms with Crippen LogP contribution >= 0.6 is 21.7 Å². The van der Waals surface area contributed by atoms with Crippen LogP contribution in [0.2, 0.25) is 0 Å². The highest BCUT2D eigenvalue weighted by atomic mass is 35.7. The Morgan fingerprint density at radius 3 is 2.43 bits per heavy atom. The maximum atomic E-state index is 11.5. The molecule has 0 atom stereocenters. The summed E-state index contributed by atoms with van der Waals surface area (Å²) < 4.78 is 25.4. The zero-order valence-electron chi connectivity index (χ0n) is 7.53. The molecule has 6 heteroatoms. The number of hydrogen-bond donors (Lipinski definition) is 1. The van der Waals surface area contributed by atoms with Gasteiger partial charge in [0.2, 0.25) is 10.0 Å². The number of rotatable bonds is 4. The average molecular weight is 252 g/mol. The first-order valence-corrected chi connectivity index (χ1v) is 7.15. The molecule has 3 nitrogen and oxygen atoms in total. The number of nitrogens with one attached hydrogen (secondary N) is 1. The van der Waals surface area contributed by atoms with Crippen molar-refractivity contribution in [3.05, 3.63) is 29.8 Å². The molecule has 1 aromatic rings. The van der Waals surface area contributed by atoms with Crippen molar-refractivity contribution in [3.8, 4) is 0 Å². The van der Waals surface area contributed by atoms with E-state index in [9.17, 15) is 8.42 Å². The number of benzene rings is 1. The fourth-order valence-corrected chi connectivity index (χ4v) is 2.76. The molecular formula is C8H10ClNO2S2. The summed E-state index contributed by atoms with van der Waals surface area (Å²) in [4.78, 5) is 0.258. The molecule has 0 saturated heterocycles. The Morgan fingerprint density at radius 1 is 1.36 bits per heavy atom. The minimum absolute atomic E-state index is 0.164. The molecule has 0 unspecified atom stereocenters. The molecule has 0 aromatic heterocycles. The van der Waals surface area contributed by atoms with Crippen LogP contribution in [0.5, 0.6) is 0 Å². The minimum Gasteiger partial charge on any atom is -0.207 e.